The summed E-state index contributed by atoms with van der Waals surface area (Å²) >= 11 is 1.23. The van der Waals surface area contributed by atoms with Crippen LogP contribution in [0.15, 0.2) is 27.2 Å². The van der Waals surface area contributed by atoms with Crippen molar-refractivity contribution >= 4 is 21.4 Å². The predicted molar refractivity (Wildman–Crippen MR) is 105 cm³/mol. The zero-order valence-electron chi connectivity index (χ0n) is 15.2. The number of likely N-dealkylation sites (tertiary alicyclic amines) is 1. The maximum absolute atomic E-state index is 12.5. The van der Waals surface area contributed by atoms with E-state index in [1.54, 1.807) is 12.1 Å². The molecule has 3 heterocycles. The first-order valence-corrected chi connectivity index (χ1v) is 11.3. The number of nitrogens with zero attached hydrogens (tertiary/aromatic N) is 1. The zero-order chi connectivity index (χ0) is 18.7. The number of sulfonamides is 1. The molecule has 2 N–H and O–H groups in total. The van der Waals surface area contributed by atoms with E-state index in [0.717, 1.165) is 35.8 Å². The molecule has 26 heavy (non-hydrogen) atoms. The quantitative estimate of drug-likeness (QED) is 0.754. The molecular weight excluding hydrogens is 370 g/mol. The van der Waals surface area contributed by atoms with Gasteiger partial charge in [0.1, 0.15) is 4.21 Å². The van der Waals surface area contributed by atoms with Gasteiger partial charge in [0.05, 0.1) is 0 Å². The molecule has 142 valence electrons. The summed E-state index contributed by atoms with van der Waals surface area (Å²) in [6.07, 6.45) is 3.02. The number of H-pyrrole nitrogens is 1. The highest BCUT2D eigenvalue weighted by Gasteiger charge is 2.19. The van der Waals surface area contributed by atoms with Crippen molar-refractivity contribution in [3.05, 3.63) is 39.8 Å². The van der Waals surface area contributed by atoms with E-state index >= 15 is 0 Å². The van der Waals surface area contributed by atoms with Crippen molar-refractivity contribution in [1.29, 1.82) is 0 Å². The molecule has 2 aromatic rings. The van der Waals surface area contributed by atoms with Gasteiger partial charge in [-0.25, -0.2) is 13.1 Å². The van der Waals surface area contributed by atoms with Gasteiger partial charge in [-0.05, 0) is 57.5 Å². The lowest BCUT2D eigenvalue weighted by Crippen LogP contribution is -2.33. The van der Waals surface area contributed by atoms with Crippen LogP contribution in [-0.4, -0.2) is 44.5 Å². The molecule has 1 saturated heterocycles. The molecule has 8 heteroatoms. The number of aromatic nitrogens is 1. The molecule has 0 aliphatic carbocycles. The van der Waals surface area contributed by atoms with Crippen molar-refractivity contribution in [2.45, 2.75) is 37.3 Å². The SMILES string of the molecule is CCc1cc(-c2ccc(S(=O)(=O)NCCN3CCCC3)s2)c(C)[nH]c1=O. The smallest absolute Gasteiger partial charge is 0.251 e. The number of aromatic amines is 1. The van der Waals surface area contributed by atoms with Gasteiger partial charge in [0.15, 0.2) is 0 Å². The molecule has 0 atom stereocenters. The Balaban J connectivity index is 1.75. The minimum atomic E-state index is -3.51. The highest BCUT2D eigenvalue weighted by molar-refractivity contribution is 7.91. The zero-order valence-corrected chi connectivity index (χ0v) is 16.8. The van der Waals surface area contributed by atoms with Gasteiger partial charge < -0.3 is 9.88 Å². The third kappa shape index (κ3) is 4.25. The van der Waals surface area contributed by atoms with Crippen molar-refractivity contribution in [2.24, 2.45) is 0 Å². The minimum Gasteiger partial charge on any atom is -0.326 e. The third-order valence-electron chi connectivity index (χ3n) is 4.73. The lowest BCUT2D eigenvalue weighted by Gasteiger charge is -2.14. The summed E-state index contributed by atoms with van der Waals surface area (Å²) in [5.41, 5.74) is 2.25. The fraction of sp³-hybridized carbons (Fsp3) is 0.500. The number of aryl methyl sites for hydroxylation is 2. The molecule has 0 radical (unpaired) electrons. The summed E-state index contributed by atoms with van der Waals surface area (Å²) in [4.78, 5) is 17.9. The maximum atomic E-state index is 12.5. The highest BCUT2D eigenvalue weighted by Crippen LogP contribution is 2.32. The summed E-state index contributed by atoms with van der Waals surface area (Å²) < 4.78 is 28.1. The first-order valence-electron chi connectivity index (χ1n) is 8.95. The topological polar surface area (TPSA) is 82.3 Å². The third-order valence-corrected chi connectivity index (χ3v) is 7.80. The second-order valence-electron chi connectivity index (χ2n) is 6.58. The highest BCUT2D eigenvalue weighted by atomic mass is 32.2. The Kier molecular flexibility index (Phi) is 5.96. The van der Waals surface area contributed by atoms with E-state index in [1.165, 1.54) is 24.2 Å². The molecule has 2 aromatic heterocycles. The van der Waals surface area contributed by atoms with Crippen molar-refractivity contribution in [3.63, 3.8) is 0 Å². The second kappa shape index (κ2) is 8.04. The summed E-state index contributed by atoms with van der Waals surface area (Å²) in [6, 6.07) is 5.30. The molecule has 1 fully saturated rings. The van der Waals surface area contributed by atoms with Crippen LogP contribution in [0.5, 0.6) is 0 Å². The fourth-order valence-corrected chi connectivity index (χ4v) is 5.65. The maximum Gasteiger partial charge on any atom is 0.251 e. The molecule has 3 rings (SSSR count). The molecule has 0 aromatic carbocycles. The summed E-state index contributed by atoms with van der Waals surface area (Å²) in [5, 5.41) is 0. The van der Waals surface area contributed by atoms with E-state index in [2.05, 4.69) is 14.6 Å². The van der Waals surface area contributed by atoms with Crippen LogP contribution >= 0.6 is 11.3 Å². The summed E-state index contributed by atoms with van der Waals surface area (Å²) in [5.74, 6) is 0. The Morgan fingerprint density at radius 3 is 2.69 bits per heavy atom. The second-order valence-corrected chi connectivity index (χ2v) is 9.66. The van der Waals surface area contributed by atoms with E-state index in [-0.39, 0.29) is 5.56 Å². The Morgan fingerprint density at radius 1 is 1.27 bits per heavy atom. The Morgan fingerprint density at radius 2 is 2.00 bits per heavy atom. The number of hydrogen-bond donors (Lipinski definition) is 2. The lowest BCUT2D eigenvalue weighted by atomic mass is 10.1. The minimum absolute atomic E-state index is 0.0817. The Bertz CT molecular complexity index is 925. The average molecular weight is 396 g/mol. The van der Waals surface area contributed by atoms with Gasteiger partial charge in [-0.15, -0.1) is 11.3 Å². The lowest BCUT2D eigenvalue weighted by molar-refractivity contribution is 0.344. The van der Waals surface area contributed by atoms with Crippen molar-refractivity contribution in [2.75, 3.05) is 26.2 Å². The van der Waals surface area contributed by atoms with Crippen molar-refractivity contribution < 1.29 is 8.42 Å². The molecule has 0 amide bonds. The summed E-state index contributed by atoms with van der Waals surface area (Å²) in [6.45, 7) is 7.03. The molecule has 6 nitrogen and oxygen atoms in total. The fourth-order valence-electron chi connectivity index (χ4n) is 3.21. The number of nitrogens with one attached hydrogen (secondary N) is 2. The predicted octanol–water partition coefficient (Wildman–Crippen LogP) is 2.35. The van der Waals surface area contributed by atoms with Gasteiger partial charge in [0, 0.05) is 34.8 Å². The van der Waals surface area contributed by atoms with E-state index in [9.17, 15) is 13.2 Å². The standard InChI is InChI=1S/C18H25N3O3S2/c1-3-14-12-15(13(2)20-18(14)22)16-6-7-17(25-16)26(23,24)19-8-11-21-9-4-5-10-21/h6-7,12,19H,3-5,8-11H2,1-2H3,(H,20,22). The Labute approximate surface area is 158 Å². The van der Waals surface area contributed by atoms with Crippen LogP contribution in [0, 0.1) is 6.92 Å². The van der Waals surface area contributed by atoms with E-state index < -0.39 is 10.0 Å². The summed E-state index contributed by atoms with van der Waals surface area (Å²) in [7, 11) is -3.51. The van der Waals surface area contributed by atoms with E-state index in [1.807, 2.05) is 19.9 Å². The molecule has 0 bridgehead atoms. The van der Waals surface area contributed by atoms with Gasteiger partial charge in [-0.2, -0.15) is 0 Å². The van der Waals surface area contributed by atoms with Crippen LogP contribution < -0.4 is 10.3 Å². The van der Waals surface area contributed by atoms with Crippen LogP contribution in [-0.2, 0) is 16.4 Å². The van der Waals surface area contributed by atoms with Crippen LogP contribution in [0.25, 0.3) is 10.4 Å². The molecule has 0 spiro atoms. The van der Waals surface area contributed by atoms with Gasteiger partial charge in [-0.1, -0.05) is 6.92 Å². The van der Waals surface area contributed by atoms with Crippen LogP contribution in [0.1, 0.15) is 31.0 Å². The monoisotopic (exact) mass is 395 g/mol. The molecule has 1 aliphatic rings. The Hall–Kier alpha value is -1.48. The van der Waals surface area contributed by atoms with Crippen molar-refractivity contribution in [1.82, 2.24) is 14.6 Å². The first kappa shape index (κ1) is 19.3. The van der Waals surface area contributed by atoms with Gasteiger partial charge >= 0.3 is 0 Å². The molecule has 0 unspecified atom stereocenters. The van der Waals surface area contributed by atoms with Crippen LogP contribution in [0.3, 0.4) is 0 Å². The molecule has 1 aliphatic heterocycles. The first-order chi connectivity index (χ1) is 12.4. The van der Waals surface area contributed by atoms with Crippen LogP contribution in [0.2, 0.25) is 0 Å². The normalized spacial score (nSPS) is 15.6. The van der Waals surface area contributed by atoms with Gasteiger partial charge in [0.2, 0.25) is 10.0 Å². The number of thiophene rings is 1. The van der Waals surface area contributed by atoms with Gasteiger partial charge in [-0.3, -0.25) is 4.79 Å². The number of rotatable bonds is 7. The number of hydrogen-bond acceptors (Lipinski definition) is 5. The average Bonchev–Trinajstić information content (AvgIpc) is 3.26. The molecule has 0 saturated carbocycles. The van der Waals surface area contributed by atoms with Crippen LogP contribution in [0.4, 0.5) is 0 Å². The van der Waals surface area contributed by atoms with E-state index in [0.29, 0.717) is 22.7 Å². The van der Waals surface area contributed by atoms with Crippen molar-refractivity contribution in [3.8, 4) is 10.4 Å². The largest absolute Gasteiger partial charge is 0.326 e. The number of pyridine rings is 1. The van der Waals surface area contributed by atoms with E-state index in [4.69, 9.17) is 0 Å². The molecular formula is C18H25N3O3S2. The van der Waals surface area contributed by atoms with Gasteiger partial charge in [0.25, 0.3) is 5.56 Å².